The van der Waals surface area contributed by atoms with Gasteiger partial charge in [0, 0.05) is 17.0 Å². The molecule has 6 rings (SSSR count). The van der Waals surface area contributed by atoms with Crippen molar-refractivity contribution in [3.05, 3.63) is 136 Å². The van der Waals surface area contributed by atoms with Crippen molar-refractivity contribution >= 4 is 28.8 Å². The summed E-state index contributed by atoms with van der Waals surface area (Å²) in [6.07, 6.45) is 0.587. The molecular formula is C29H21ClN2O. The molecule has 0 saturated heterocycles. The average Bonchev–Trinajstić information content (AvgIpc) is 3.36. The molecule has 0 unspecified atom stereocenters. The predicted octanol–water partition coefficient (Wildman–Crippen LogP) is 6.53. The van der Waals surface area contributed by atoms with Gasteiger partial charge in [0.1, 0.15) is 5.54 Å². The molecule has 0 saturated carbocycles. The van der Waals surface area contributed by atoms with Gasteiger partial charge in [-0.3, -0.25) is 4.79 Å². The van der Waals surface area contributed by atoms with E-state index in [1.165, 1.54) is 0 Å². The number of hydrazone groups is 1. The van der Waals surface area contributed by atoms with Gasteiger partial charge in [0.05, 0.1) is 17.3 Å². The van der Waals surface area contributed by atoms with Crippen LogP contribution in [0.1, 0.15) is 33.0 Å². The Hall–Kier alpha value is -3.69. The van der Waals surface area contributed by atoms with E-state index in [1.807, 2.05) is 96.0 Å². The zero-order valence-electron chi connectivity index (χ0n) is 17.9. The van der Waals surface area contributed by atoms with Gasteiger partial charge >= 0.3 is 0 Å². The second-order valence-electron chi connectivity index (χ2n) is 8.57. The number of benzene rings is 4. The van der Waals surface area contributed by atoms with Crippen LogP contribution in [0.3, 0.4) is 0 Å². The van der Waals surface area contributed by atoms with Crippen LogP contribution in [0.15, 0.2) is 114 Å². The Morgan fingerprint density at radius 2 is 1.42 bits per heavy atom. The van der Waals surface area contributed by atoms with Gasteiger partial charge in [-0.2, -0.15) is 5.10 Å². The van der Waals surface area contributed by atoms with E-state index in [1.54, 1.807) is 0 Å². The first kappa shape index (κ1) is 20.0. The summed E-state index contributed by atoms with van der Waals surface area (Å²) in [5.41, 5.74) is 4.80. The first-order valence-corrected chi connectivity index (χ1v) is 11.4. The highest BCUT2D eigenvalue weighted by Crippen LogP contribution is 2.51. The minimum Gasteiger partial charge on any atom is -0.291 e. The standard InChI is InChI=1S/C29H21ClN2O/c30-23-17-15-20(16-18-23)26-27(21-9-3-1-4-10-21)31-32(24-12-5-2-6-13-24)29(26)19-22-11-7-8-14-25(22)28(29)33/h1-18,26H,19H2/t26-,29-/m1/s1. The van der Waals surface area contributed by atoms with Crippen LogP contribution in [-0.2, 0) is 6.42 Å². The van der Waals surface area contributed by atoms with Crippen LogP contribution < -0.4 is 5.01 Å². The predicted molar refractivity (Wildman–Crippen MR) is 133 cm³/mol. The fraction of sp³-hybridized carbons (Fsp3) is 0.103. The zero-order valence-corrected chi connectivity index (χ0v) is 18.6. The van der Waals surface area contributed by atoms with E-state index in [9.17, 15) is 4.79 Å². The van der Waals surface area contributed by atoms with E-state index in [-0.39, 0.29) is 11.7 Å². The summed E-state index contributed by atoms with van der Waals surface area (Å²) >= 11 is 6.24. The van der Waals surface area contributed by atoms with Crippen LogP contribution in [0.4, 0.5) is 5.69 Å². The van der Waals surface area contributed by atoms with Crippen molar-refractivity contribution in [3.63, 3.8) is 0 Å². The van der Waals surface area contributed by atoms with Gasteiger partial charge < -0.3 is 0 Å². The van der Waals surface area contributed by atoms with E-state index in [4.69, 9.17) is 16.7 Å². The van der Waals surface area contributed by atoms with Gasteiger partial charge in [-0.05, 0) is 41.0 Å². The van der Waals surface area contributed by atoms with Crippen molar-refractivity contribution in [1.82, 2.24) is 0 Å². The summed E-state index contributed by atoms with van der Waals surface area (Å²) < 4.78 is 0. The number of halogens is 1. The van der Waals surface area contributed by atoms with Gasteiger partial charge in [-0.1, -0.05) is 96.5 Å². The van der Waals surface area contributed by atoms with Crippen LogP contribution in [0.2, 0.25) is 5.02 Å². The smallest absolute Gasteiger partial charge is 0.192 e. The molecule has 3 nitrogen and oxygen atoms in total. The van der Waals surface area contributed by atoms with E-state index < -0.39 is 5.54 Å². The molecule has 0 radical (unpaired) electrons. The van der Waals surface area contributed by atoms with Crippen molar-refractivity contribution in [2.24, 2.45) is 5.10 Å². The van der Waals surface area contributed by atoms with Crippen molar-refractivity contribution in [2.45, 2.75) is 17.9 Å². The van der Waals surface area contributed by atoms with E-state index in [2.05, 4.69) is 18.2 Å². The van der Waals surface area contributed by atoms with Crippen molar-refractivity contribution in [2.75, 3.05) is 5.01 Å². The number of anilines is 1. The summed E-state index contributed by atoms with van der Waals surface area (Å²) in [6, 6.07) is 35.9. The Balaban J connectivity index is 1.63. The zero-order chi connectivity index (χ0) is 22.4. The van der Waals surface area contributed by atoms with Crippen LogP contribution in [0.5, 0.6) is 0 Å². The fourth-order valence-corrected chi connectivity index (χ4v) is 5.41. The molecule has 1 aliphatic carbocycles. The molecule has 1 spiro atoms. The minimum absolute atomic E-state index is 0.108. The Kier molecular flexibility index (Phi) is 4.67. The summed E-state index contributed by atoms with van der Waals surface area (Å²) in [6.45, 7) is 0. The van der Waals surface area contributed by atoms with Crippen molar-refractivity contribution in [3.8, 4) is 0 Å². The third-order valence-corrected chi connectivity index (χ3v) is 6.98. The maximum Gasteiger partial charge on any atom is 0.192 e. The highest BCUT2D eigenvalue weighted by Gasteiger charge is 2.60. The number of rotatable bonds is 3. The molecule has 4 aromatic carbocycles. The second kappa shape index (κ2) is 7.72. The van der Waals surface area contributed by atoms with Gasteiger partial charge in [-0.25, -0.2) is 5.01 Å². The van der Waals surface area contributed by atoms with Gasteiger partial charge in [0.2, 0.25) is 0 Å². The Labute approximate surface area is 198 Å². The SMILES string of the molecule is O=C1c2ccccc2C[C@@]12[C@H](c1ccc(Cl)cc1)C(c1ccccc1)=NN2c1ccccc1. The number of hydrogen-bond donors (Lipinski definition) is 0. The maximum atomic E-state index is 14.3. The first-order valence-electron chi connectivity index (χ1n) is 11.1. The Bertz CT molecular complexity index is 1370. The van der Waals surface area contributed by atoms with Gasteiger partial charge in [0.15, 0.2) is 5.78 Å². The largest absolute Gasteiger partial charge is 0.291 e. The Morgan fingerprint density at radius 1 is 0.788 bits per heavy atom. The lowest BCUT2D eigenvalue weighted by atomic mass is 9.72. The summed E-state index contributed by atoms with van der Waals surface area (Å²) in [5.74, 6) is -0.145. The molecule has 2 atom stereocenters. The molecule has 0 N–H and O–H groups in total. The Morgan fingerprint density at radius 3 is 2.12 bits per heavy atom. The summed E-state index contributed by atoms with van der Waals surface area (Å²) in [5, 5.41) is 7.81. The van der Waals surface area contributed by atoms with Crippen molar-refractivity contribution < 1.29 is 4.79 Å². The monoisotopic (exact) mass is 448 g/mol. The topological polar surface area (TPSA) is 32.7 Å². The highest BCUT2D eigenvalue weighted by atomic mass is 35.5. The first-order chi connectivity index (χ1) is 16.2. The third kappa shape index (κ3) is 3.04. The van der Waals surface area contributed by atoms with E-state index in [0.717, 1.165) is 33.7 Å². The lowest BCUT2D eigenvalue weighted by Crippen LogP contribution is -2.53. The molecule has 4 aromatic rings. The highest BCUT2D eigenvalue weighted by molar-refractivity contribution is 6.30. The number of nitrogens with zero attached hydrogens (tertiary/aromatic N) is 2. The number of carbonyl (C=O) groups is 1. The molecule has 1 aliphatic heterocycles. The number of para-hydroxylation sites is 1. The molecule has 160 valence electrons. The van der Waals surface area contributed by atoms with Crippen LogP contribution >= 0.6 is 11.6 Å². The molecule has 33 heavy (non-hydrogen) atoms. The number of carbonyl (C=O) groups excluding carboxylic acids is 1. The quantitative estimate of drug-likeness (QED) is 0.357. The van der Waals surface area contributed by atoms with Gasteiger partial charge in [0.25, 0.3) is 0 Å². The maximum absolute atomic E-state index is 14.3. The fourth-order valence-electron chi connectivity index (χ4n) is 5.29. The number of hydrogen-bond acceptors (Lipinski definition) is 3. The molecule has 0 amide bonds. The van der Waals surface area contributed by atoms with Crippen molar-refractivity contribution in [1.29, 1.82) is 0 Å². The van der Waals surface area contributed by atoms with Crippen LogP contribution in [0.25, 0.3) is 0 Å². The molecule has 0 aromatic heterocycles. The summed E-state index contributed by atoms with van der Waals surface area (Å²) in [4.78, 5) is 14.3. The molecule has 1 heterocycles. The molecular weight excluding hydrogens is 428 g/mol. The molecule has 2 aliphatic rings. The number of ketones is 1. The number of Topliss-reactive ketones (excluding diaryl/α,β-unsaturated/α-hetero) is 1. The molecule has 0 fully saturated rings. The van der Waals surface area contributed by atoms with Crippen LogP contribution in [-0.4, -0.2) is 17.0 Å². The minimum atomic E-state index is -0.885. The van der Waals surface area contributed by atoms with E-state index >= 15 is 0 Å². The average molecular weight is 449 g/mol. The normalized spacial score (nSPS) is 21.4. The van der Waals surface area contributed by atoms with Gasteiger partial charge in [-0.15, -0.1) is 0 Å². The van der Waals surface area contributed by atoms with E-state index in [0.29, 0.717) is 11.4 Å². The molecule has 0 bridgehead atoms. The second-order valence-corrected chi connectivity index (χ2v) is 9.01. The number of fused-ring (bicyclic) bond motifs is 1. The lowest BCUT2D eigenvalue weighted by molar-refractivity contribution is 0.0899. The molecule has 4 heteroatoms. The summed E-state index contributed by atoms with van der Waals surface area (Å²) in [7, 11) is 0. The van der Waals surface area contributed by atoms with Crippen LogP contribution in [0, 0.1) is 0 Å². The third-order valence-electron chi connectivity index (χ3n) is 6.73. The lowest BCUT2D eigenvalue weighted by Gasteiger charge is -2.37.